The third-order valence-corrected chi connectivity index (χ3v) is 5.11. The fourth-order valence-corrected chi connectivity index (χ4v) is 3.55. The average molecular weight is 375 g/mol. The van der Waals surface area contributed by atoms with Gasteiger partial charge in [0.15, 0.2) is 11.7 Å². The molecule has 0 radical (unpaired) electrons. The molecule has 2 aromatic heterocycles. The molecule has 0 saturated heterocycles. The van der Waals surface area contributed by atoms with Crippen LogP contribution in [0.2, 0.25) is 0 Å². The lowest BCUT2D eigenvalue weighted by Crippen LogP contribution is -2.20. The first kappa shape index (κ1) is 17.3. The number of hydrogen-bond donors (Lipinski definition) is 2. The predicted molar refractivity (Wildman–Crippen MR) is 100 cm³/mol. The first-order valence-electron chi connectivity index (χ1n) is 7.63. The lowest BCUT2D eigenvalue weighted by Gasteiger charge is -2.06. The SMILES string of the molecule is CCc1nnc(NC(=O)COc2ccc(-c3nc(N)sc3C)cc2)s1. The Kier molecular flexibility index (Phi) is 5.25. The molecule has 25 heavy (non-hydrogen) atoms. The number of thiazole rings is 1. The van der Waals surface area contributed by atoms with Crippen LogP contribution in [0.25, 0.3) is 11.3 Å². The van der Waals surface area contributed by atoms with Gasteiger partial charge in [-0.15, -0.1) is 21.5 Å². The zero-order valence-electron chi connectivity index (χ0n) is 13.8. The van der Waals surface area contributed by atoms with Gasteiger partial charge < -0.3 is 10.5 Å². The van der Waals surface area contributed by atoms with Crippen molar-refractivity contribution in [2.24, 2.45) is 0 Å². The average Bonchev–Trinajstić information content (AvgIpc) is 3.19. The molecule has 3 aromatic rings. The Morgan fingerprint density at radius 1 is 1.24 bits per heavy atom. The van der Waals surface area contributed by atoms with Crippen LogP contribution >= 0.6 is 22.7 Å². The maximum atomic E-state index is 11.9. The van der Waals surface area contributed by atoms with Gasteiger partial charge in [0, 0.05) is 10.4 Å². The number of aryl methyl sites for hydroxylation is 2. The zero-order chi connectivity index (χ0) is 17.8. The molecular formula is C16H17N5O2S2. The number of nitrogen functional groups attached to an aromatic ring is 1. The van der Waals surface area contributed by atoms with Crippen LogP contribution in [0.4, 0.5) is 10.3 Å². The molecule has 0 spiro atoms. The lowest BCUT2D eigenvalue weighted by atomic mass is 10.1. The molecule has 7 nitrogen and oxygen atoms in total. The van der Waals surface area contributed by atoms with Gasteiger partial charge in [-0.05, 0) is 37.6 Å². The number of hydrogen-bond acceptors (Lipinski definition) is 8. The van der Waals surface area contributed by atoms with Gasteiger partial charge in [-0.25, -0.2) is 4.98 Å². The Balaban J connectivity index is 1.56. The molecule has 0 saturated carbocycles. The van der Waals surface area contributed by atoms with Gasteiger partial charge in [0.2, 0.25) is 5.13 Å². The van der Waals surface area contributed by atoms with E-state index in [4.69, 9.17) is 10.5 Å². The number of anilines is 2. The molecule has 3 N–H and O–H groups in total. The highest BCUT2D eigenvalue weighted by molar-refractivity contribution is 7.15. The van der Waals surface area contributed by atoms with Gasteiger partial charge in [0.1, 0.15) is 10.8 Å². The summed E-state index contributed by atoms with van der Waals surface area (Å²) in [5, 5.41) is 12.4. The van der Waals surface area contributed by atoms with Crippen LogP contribution in [0.5, 0.6) is 5.75 Å². The minimum Gasteiger partial charge on any atom is -0.484 e. The number of aromatic nitrogens is 3. The minimum absolute atomic E-state index is 0.0942. The van der Waals surface area contributed by atoms with Gasteiger partial charge in [0.25, 0.3) is 5.91 Å². The topological polar surface area (TPSA) is 103 Å². The summed E-state index contributed by atoms with van der Waals surface area (Å²) < 4.78 is 5.50. The first-order valence-corrected chi connectivity index (χ1v) is 9.27. The van der Waals surface area contributed by atoms with Crippen LogP contribution in [0.1, 0.15) is 16.8 Å². The van der Waals surface area contributed by atoms with Crippen molar-refractivity contribution in [2.75, 3.05) is 17.7 Å². The van der Waals surface area contributed by atoms with E-state index in [-0.39, 0.29) is 12.5 Å². The van der Waals surface area contributed by atoms with Crippen LogP contribution < -0.4 is 15.8 Å². The minimum atomic E-state index is -0.272. The van der Waals surface area contributed by atoms with Crippen molar-refractivity contribution in [1.29, 1.82) is 0 Å². The van der Waals surface area contributed by atoms with Crippen molar-refractivity contribution in [1.82, 2.24) is 15.2 Å². The fraction of sp³-hybridized carbons (Fsp3) is 0.250. The molecule has 0 aliphatic heterocycles. The highest BCUT2D eigenvalue weighted by Gasteiger charge is 2.10. The molecule has 9 heteroatoms. The van der Waals surface area contributed by atoms with Crippen molar-refractivity contribution in [3.05, 3.63) is 34.2 Å². The molecule has 0 fully saturated rings. The molecule has 0 aliphatic carbocycles. The van der Waals surface area contributed by atoms with Crippen molar-refractivity contribution in [3.8, 4) is 17.0 Å². The fourth-order valence-electron chi connectivity index (χ4n) is 2.14. The Morgan fingerprint density at radius 2 is 2.00 bits per heavy atom. The van der Waals surface area contributed by atoms with E-state index in [1.54, 1.807) is 12.1 Å². The zero-order valence-corrected chi connectivity index (χ0v) is 15.4. The van der Waals surface area contributed by atoms with E-state index in [9.17, 15) is 4.79 Å². The second kappa shape index (κ2) is 7.58. The number of nitrogens with zero attached hydrogens (tertiary/aromatic N) is 3. The number of carbonyl (C=O) groups is 1. The normalized spacial score (nSPS) is 10.6. The van der Waals surface area contributed by atoms with Crippen LogP contribution in [-0.2, 0) is 11.2 Å². The third kappa shape index (κ3) is 4.31. The number of nitrogens with two attached hydrogens (primary N) is 1. The smallest absolute Gasteiger partial charge is 0.264 e. The second-order valence-corrected chi connectivity index (χ2v) is 7.47. The summed E-state index contributed by atoms with van der Waals surface area (Å²) in [6.45, 7) is 3.87. The Bertz CT molecular complexity index is 873. The summed E-state index contributed by atoms with van der Waals surface area (Å²) >= 11 is 2.82. The molecule has 0 aliphatic rings. The highest BCUT2D eigenvalue weighted by atomic mass is 32.1. The molecule has 0 unspecified atom stereocenters. The molecule has 2 heterocycles. The highest BCUT2D eigenvalue weighted by Crippen LogP contribution is 2.29. The summed E-state index contributed by atoms with van der Waals surface area (Å²) in [5.41, 5.74) is 7.56. The van der Waals surface area contributed by atoms with Crippen LogP contribution in [0, 0.1) is 6.92 Å². The van der Waals surface area contributed by atoms with E-state index in [2.05, 4.69) is 20.5 Å². The first-order chi connectivity index (χ1) is 12.0. The Morgan fingerprint density at radius 3 is 2.60 bits per heavy atom. The van der Waals surface area contributed by atoms with Crippen LogP contribution in [0.15, 0.2) is 24.3 Å². The molecule has 3 rings (SSSR count). The van der Waals surface area contributed by atoms with Gasteiger partial charge in [-0.1, -0.05) is 18.3 Å². The van der Waals surface area contributed by atoms with Gasteiger partial charge in [0.05, 0.1) is 5.69 Å². The van der Waals surface area contributed by atoms with E-state index in [0.717, 1.165) is 27.6 Å². The van der Waals surface area contributed by atoms with E-state index in [1.165, 1.54) is 22.7 Å². The van der Waals surface area contributed by atoms with Crippen molar-refractivity contribution >= 4 is 38.8 Å². The summed E-state index contributed by atoms with van der Waals surface area (Å²) in [4.78, 5) is 17.3. The number of carbonyl (C=O) groups excluding carboxylic acids is 1. The predicted octanol–water partition coefficient (Wildman–Crippen LogP) is 3.13. The largest absolute Gasteiger partial charge is 0.484 e. The molecule has 0 atom stereocenters. The van der Waals surface area contributed by atoms with Gasteiger partial charge in [-0.2, -0.15) is 0 Å². The monoisotopic (exact) mass is 375 g/mol. The third-order valence-electron chi connectivity index (χ3n) is 3.33. The van der Waals surface area contributed by atoms with E-state index in [0.29, 0.717) is 16.0 Å². The second-order valence-electron chi connectivity index (χ2n) is 5.17. The maximum Gasteiger partial charge on any atom is 0.264 e. The van der Waals surface area contributed by atoms with Crippen molar-refractivity contribution < 1.29 is 9.53 Å². The number of ether oxygens (including phenoxy) is 1. The standard InChI is InChI=1S/C16H17N5O2S2/c1-3-13-20-21-16(25-13)18-12(22)8-23-11-6-4-10(5-7-11)14-9(2)24-15(17)19-14/h4-7H,3,8H2,1-2H3,(H2,17,19)(H,18,21,22). The van der Waals surface area contributed by atoms with Crippen molar-refractivity contribution in [2.45, 2.75) is 20.3 Å². The molecule has 130 valence electrons. The maximum absolute atomic E-state index is 11.9. The number of rotatable bonds is 6. The lowest BCUT2D eigenvalue weighted by molar-refractivity contribution is -0.118. The number of amides is 1. The van der Waals surface area contributed by atoms with Gasteiger partial charge in [-0.3, -0.25) is 10.1 Å². The number of nitrogens with one attached hydrogen (secondary N) is 1. The van der Waals surface area contributed by atoms with Crippen LogP contribution in [0.3, 0.4) is 0 Å². The van der Waals surface area contributed by atoms with E-state index >= 15 is 0 Å². The quantitative estimate of drug-likeness (QED) is 0.686. The van der Waals surface area contributed by atoms with Gasteiger partial charge >= 0.3 is 0 Å². The Labute approximate surface area is 152 Å². The Hall–Kier alpha value is -2.52. The summed E-state index contributed by atoms with van der Waals surface area (Å²) in [6, 6.07) is 7.40. The molecule has 0 bridgehead atoms. The summed E-state index contributed by atoms with van der Waals surface area (Å²) in [7, 11) is 0. The molecule has 1 aromatic carbocycles. The van der Waals surface area contributed by atoms with Crippen LogP contribution in [-0.4, -0.2) is 27.7 Å². The molecular weight excluding hydrogens is 358 g/mol. The molecule has 1 amide bonds. The van der Waals surface area contributed by atoms with E-state index < -0.39 is 0 Å². The van der Waals surface area contributed by atoms with E-state index in [1.807, 2.05) is 26.0 Å². The summed E-state index contributed by atoms with van der Waals surface area (Å²) in [5.74, 6) is 0.331. The van der Waals surface area contributed by atoms with Crippen molar-refractivity contribution in [3.63, 3.8) is 0 Å². The summed E-state index contributed by atoms with van der Waals surface area (Å²) in [6.07, 6.45) is 0.792. The number of benzene rings is 1.